The van der Waals surface area contributed by atoms with E-state index in [1.165, 1.54) is 27.1 Å². The maximum Gasteiger partial charge on any atom is 0.242 e. The number of hydrazine groups is 1. The lowest BCUT2D eigenvalue weighted by Gasteiger charge is -2.17. The van der Waals surface area contributed by atoms with Gasteiger partial charge in [0, 0.05) is 11.6 Å². The Morgan fingerprint density at radius 1 is 1.08 bits per heavy atom. The Kier molecular flexibility index (Phi) is 7.12. The van der Waals surface area contributed by atoms with E-state index in [0.29, 0.717) is 34.0 Å². The average molecular weight is 367 g/mol. The van der Waals surface area contributed by atoms with Gasteiger partial charge in [-0.25, -0.2) is 0 Å². The van der Waals surface area contributed by atoms with E-state index in [4.69, 9.17) is 26.4 Å². The highest BCUT2D eigenvalue weighted by atomic mass is 32.1. The van der Waals surface area contributed by atoms with Crippen LogP contribution in [0.15, 0.2) is 12.1 Å². The van der Waals surface area contributed by atoms with Crippen LogP contribution in [0.4, 0.5) is 0 Å². The van der Waals surface area contributed by atoms with Gasteiger partial charge in [-0.3, -0.25) is 15.6 Å². The lowest BCUT2D eigenvalue weighted by Crippen LogP contribution is -2.49. The number of methoxy groups -OCH3 is 3. The predicted molar refractivity (Wildman–Crippen MR) is 99.1 cm³/mol. The second kappa shape index (κ2) is 9.31. The molecule has 138 valence electrons. The molecule has 0 unspecified atom stereocenters. The lowest BCUT2D eigenvalue weighted by atomic mass is 10.1. The molecule has 0 saturated heterocycles. The highest BCUT2D eigenvalue weighted by molar-refractivity contribution is 7.80. The summed E-state index contributed by atoms with van der Waals surface area (Å²) in [5.41, 5.74) is 6.03. The van der Waals surface area contributed by atoms with E-state index < -0.39 is 0 Å². The summed E-state index contributed by atoms with van der Waals surface area (Å²) in [5.74, 6) is 1.25. The molecule has 0 spiro atoms. The zero-order valence-corrected chi connectivity index (χ0v) is 15.6. The van der Waals surface area contributed by atoms with Gasteiger partial charge in [0.25, 0.3) is 0 Å². The minimum absolute atomic E-state index is 0.114. The first-order chi connectivity index (χ1) is 12.1. The van der Waals surface area contributed by atoms with Crippen molar-refractivity contribution in [3.8, 4) is 17.2 Å². The van der Waals surface area contributed by atoms with Crippen molar-refractivity contribution in [1.29, 1.82) is 0 Å². The maximum absolute atomic E-state index is 12.2. The van der Waals surface area contributed by atoms with Crippen LogP contribution in [-0.4, -0.2) is 38.4 Å². The molecule has 3 N–H and O–H groups in total. The van der Waals surface area contributed by atoms with E-state index in [1.807, 2.05) is 0 Å². The third-order valence-electron chi connectivity index (χ3n) is 4.14. The Balaban J connectivity index is 1.92. The molecule has 1 aromatic carbocycles. The van der Waals surface area contributed by atoms with Crippen molar-refractivity contribution in [3.63, 3.8) is 0 Å². The number of nitrogens with one attached hydrogen (secondary N) is 3. The molecule has 1 aromatic rings. The molecular formula is C17H25N3O4S. The summed E-state index contributed by atoms with van der Waals surface area (Å²) in [4.78, 5) is 12.2. The zero-order chi connectivity index (χ0) is 18.2. The van der Waals surface area contributed by atoms with Gasteiger partial charge in [-0.05, 0) is 31.1 Å². The SMILES string of the molecule is COc1ccc(CC(=O)NNC(=S)NC2CCCC2)c(OC)c1OC. The van der Waals surface area contributed by atoms with Crippen molar-refractivity contribution in [2.45, 2.75) is 38.1 Å². The minimum Gasteiger partial charge on any atom is -0.493 e. The number of benzene rings is 1. The number of hydrogen-bond donors (Lipinski definition) is 3. The Bertz CT molecular complexity index is 618. The number of rotatable bonds is 6. The molecule has 1 saturated carbocycles. The van der Waals surface area contributed by atoms with Gasteiger partial charge in [-0.15, -0.1) is 0 Å². The molecule has 1 aliphatic carbocycles. The van der Waals surface area contributed by atoms with Crippen LogP contribution in [0.25, 0.3) is 0 Å². The summed E-state index contributed by atoms with van der Waals surface area (Å²) in [6.07, 6.45) is 4.76. The largest absolute Gasteiger partial charge is 0.493 e. The summed E-state index contributed by atoms with van der Waals surface area (Å²) >= 11 is 5.20. The molecule has 8 heteroatoms. The topological polar surface area (TPSA) is 80.9 Å². The van der Waals surface area contributed by atoms with Gasteiger partial charge < -0.3 is 19.5 Å². The Labute approximate surface area is 153 Å². The second-order valence-electron chi connectivity index (χ2n) is 5.80. The molecule has 2 rings (SSSR count). The van der Waals surface area contributed by atoms with E-state index in [1.54, 1.807) is 19.2 Å². The monoisotopic (exact) mass is 367 g/mol. The Hall–Kier alpha value is -2.22. The molecule has 25 heavy (non-hydrogen) atoms. The van der Waals surface area contributed by atoms with Crippen LogP contribution >= 0.6 is 12.2 Å². The van der Waals surface area contributed by atoms with Gasteiger partial charge in [0.15, 0.2) is 16.6 Å². The average Bonchev–Trinajstić information content (AvgIpc) is 3.12. The summed E-state index contributed by atoms with van der Waals surface area (Å²) in [6.45, 7) is 0. The summed E-state index contributed by atoms with van der Waals surface area (Å²) in [7, 11) is 4.60. The minimum atomic E-state index is -0.235. The molecule has 0 aliphatic heterocycles. The van der Waals surface area contributed by atoms with Crippen molar-refractivity contribution < 1.29 is 19.0 Å². The molecule has 0 aromatic heterocycles. The van der Waals surface area contributed by atoms with E-state index in [-0.39, 0.29) is 12.3 Å². The Morgan fingerprint density at radius 2 is 1.76 bits per heavy atom. The zero-order valence-electron chi connectivity index (χ0n) is 14.8. The van der Waals surface area contributed by atoms with Gasteiger partial charge in [0.2, 0.25) is 11.7 Å². The third kappa shape index (κ3) is 5.12. The van der Waals surface area contributed by atoms with Crippen molar-refractivity contribution in [2.24, 2.45) is 0 Å². The number of ether oxygens (including phenoxy) is 3. The molecule has 7 nitrogen and oxygen atoms in total. The molecular weight excluding hydrogens is 342 g/mol. The molecule has 1 amide bonds. The fourth-order valence-corrected chi connectivity index (χ4v) is 3.16. The van der Waals surface area contributed by atoms with Crippen LogP contribution in [0.5, 0.6) is 17.2 Å². The number of carbonyl (C=O) groups is 1. The fraction of sp³-hybridized carbons (Fsp3) is 0.529. The van der Waals surface area contributed by atoms with Gasteiger partial charge in [-0.2, -0.15) is 0 Å². The van der Waals surface area contributed by atoms with Gasteiger partial charge in [-0.1, -0.05) is 18.9 Å². The van der Waals surface area contributed by atoms with Gasteiger partial charge in [0.05, 0.1) is 27.8 Å². The van der Waals surface area contributed by atoms with Crippen molar-refractivity contribution in [1.82, 2.24) is 16.2 Å². The standard InChI is InChI=1S/C17H25N3O4S/c1-22-13-9-8-11(15(23-2)16(13)24-3)10-14(21)19-20-17(25)18-12-6-4-5-7-12/h8-9,12H,4-7,10H2,1-3H3,(H,19,21)(H2,18,20,25). The van der Waals surface area contributed by atoms with E-state index in [2.05, 4.69) is 16.2 Å². The van der Waals surface area contributed by atoms with Crippen LogP contribution in [-0.2, 0) is 11.2 Å². The van der Waals surface area contributed by atoms with Crippen molar-refractivity contribution in [3.05, 3.63) is 17.7 Å². The third-order valence-corrected chi connectivity index (χ3v) is 4.36. The maximum atomic E-state index is 12.2. The van der Waals surface area contributed by atoms with Crippen LogP contribution in [0.2, 0.25) is 0 Å². The smallest absolute Gasteiger partial charge is 0.242 e. The summed E-state index contributed by atoms with van der Waals surface area (Å²) < 4.78 is 15.9. The highest BCUT2D eigenvalue weighted by Gasteiger charge is 2.18. The molecule has 1 aliphatic rings. The lowest BCUT2D eigenvalue weighted by molar-refractivity contribution is -0.121. The molecule has 0 heterocycles. The van der Waals surface area contributed by atoms with Gasteiger partial charge in [0.1, 0.15) is 0 Å². The predicted octanol–water partition coefficient (Wildman–Crippen LogP) is 1.69. The number of thiocarbonyl (C=S) groups is 1. The first-order valence-corrected chi connectivity index (χ1v) is 8.63. The van der Waals surface area contributed by atoms with E-state index >= 15 is 0 Å². The molecule has 0 atom stereocenters. The number of hydrogen-bond acceptors (Lipinski definition) is 5. The molecule has 1 fully saturated rings. The van der Waals surface area contributed by atoms with Crippen molar-refractivity contribution >= 4 is 23.2 Å². The number of amides is 1. The fourth-order valence-electron chi connectivity index (χ4n) is 2.94. The first kappa shape index (κ1) is 19.1. The van der Waals surface area contributed by atoms with Crippen LogP contribution in [0.1, 0.15) is 31.2 Å². The van der Waals surface area contributed by atoms with Crippen LogP contribution < -0.4 is 30.4 Å². The number of carbonyl (C=O) groups excluding carboxylic acids is 1. The van der Waals surface area contributed by atoms with Crippen molar-refractivity contribution in [2.75, 3.05) is 21.3 Å². The molecule has 0 radical (unpaired) electrons. The second-order valence-corrected chi connectivity index (χ2v) is 6.21. The first-order valence-electron chi connectivity index (χ1n) is 8.22. The van der Waals surface area contributed by atoms with Crippen LogP contribution in [0.3, 0.4) is 0 Å². The quantitative estimate of drug-likeness (QED) is 0.521. The van der Waals surface area contributed by atoms with Crippen LogP contribution in [0, 0.1) is 0 Å². The normalized spacial score (nSPS) is 13.9. The van der Waals surface area contributed by atoms with E-state index in [0.717, 1.165) is 12.8 Å². The summed E-state index contributed by atoms with van der Waals surface area (Å²) in [5, 5.41) is 3.63. The van der Waals surface area contributed by atoms with Gasteiger partial charge >= 0.3 is 0 Å². The summed E-state index contributed by atoms with van der Waals surface area (Å²) in [6, 6.07) is 3.90. The molecule has 0 bridgehead atoms. The van der Waals surface area contributed by atoms with E-state index in [9.17, 15) is 4.79 Å². The highest BCUT2D eigenvalue weighted by Crippen LogP contribution is 2.39. The Morgan fingerprint density at radius 3 is 2.36 bits per heavy atom.